The predicted octanol–water partition coefficient (Wildman–Crippen LogP) is 5.51. The molecule has 6 nitrogen and oxygen atoms in total. The number of carbonyl (C=O) groups is 1. The SMILES string of the molecule is C=CCn1c(COc2cc(C)ccc2C(C)C)nnc1SCC(=O)Nc1ccc(C)cc1. The van der Waals surface area contributed by atoms with Gasteiger partial charge in [0.25, 0.3) is 0 Å². The first-order chi connectivity index (χ1) is 15.4. The van der Waals surface area contributed by atoms with Gasteiger partial charge >= 0.3 is 0 Å². The molecule has 2 aromatic carbocycles. The average Bonchev–Trinajstić information content (AvgIpc) is 3.14. The molecule has 0 aliphatic heterocycles. The zero-order valence-corrected chi connectivity index (χ0v) is 19.9. The van der Waals surface area contributed by atoms with E-state index < -0.39 is 0 Å². The van der Waals surface area contributed by atoms with Gasteiger partial charge in [0.15, 0.2) is 11.0 Å². The van der Waals surface area contributed by atoms with E-state index in [0.29, 0.717) is 30.1 Å². The summed E-state index contributed by atoms with van der Waals surface area (Å²) in [6.45, 7) is 13.0. The van der Waals surface area contributed by atoms with Gasteiger partial charge in [0.2, 0.25) is 5.91 Å². The summed E-state index contributed by atoms with van der Waals surface area (Å²) in [6, 6.07) is 14.0. The third kappa shape index (κ3) is 6.23. The van der Waals surface area contributed by atoms with E-state index in [2.05, 4.69) is 54.1 Å². The molecule has 3 aromatic rings. The summed E-state index contributed by atoms with van der Waals surface area (Å²) >= 11 is 1.34. The fourth-order valence-electron chi connectivity index (χ4n) is 3.19. The number of allylic oxidation sites excluding steroid dienone is 1. The Bertz CT molecular complexity index is 1070. The molecule has 0 fully saturated rings. The smallest absolute Gasteiger partial charge is 0.234 e. The number of aromatic nitrogens is 3. The molecule has 1 aromatic heterocycles. The second-order valence-electron chi connectivity index (χ2n) is 7.99. The first kappa shape index (κ1) is 23.6. The molecule has 1 N–H and O–H groups in total. The Kier molecular flexibility index (Phi) is 8.11. The van der Waals surface area contributed by atoms with Crippen LogP contribution in [0, 0.1) is 13.8 Å². The van der Waals surface area contributed by atoms with Gasteiger partial charge in [0, 0.05) is 12.2 Å². The van der Waals surface area contributed by atoms with Crippen molar-refractivity contribution >= 4 is 23.4 Å². The number of nitrogens with zero attached hydrogens (tertiary/aromatic N) is 3. The van der Waals surface area contributed by atoms with Crippen molar-refractivity contribution in [1.82, 2.24) is 14.8 Å². The molecule has 1 amide bonds. The molecule has 0 aliphatic carbocycles. The van der Waals surface area contributed by atoms with Gasteiger partial charge < -0.3 is 10.1 Å². The molecule has 0 bridgehead atoms. The van der Waals surface area contributed by atoms with Crippen molar-refractivity contribution in [1.29, 1.82) is 0 Å². The van der Waals surface area contributed by atoms with Gasteiger partial charge in [-0.3, -0.25) is 9.36 Å². The van der Waals surface area contributed by atoms with Gasteiger partial charge in [-0.1, -0.05) is 61.5 Å². The Morgan fingerprint density at radius 3 is 2.56 bits per heavy atom. The van der Waals surface area contributed by atoms with Crippen LogP contribution in [0.15, 0.2) is 60.3 Å². The molecular formula is C25H30N4O2S. The highest BCUT2D eigenvalue weighted by atomic mass is 32.2. The number of thioether (sulfide) groups is 1. The molecule has 0 saturated carbocycles. The number of benzene rings is 2. The molecule has 0 spiro atoms. The lowest BCUT2D eigenvalue weighted by Gasteiger charge is -2.15. The van der Waals surface area contributed by atoms with E-state index >= 15 is 0 Å². The Hall–Kier alpha value is -3.06. The normalized spacial score (nSPS) is 10.9. The zero-order valence-electron chi connectivity index (χ0n) is 19.1. The number of carbonyl (C=O) groups excluding carboxylic acids is 1. The van der Waals surface area contributed by atoms with Crippen LogP contribution >= 0.6 is 11.8 Å². The van der Waals surface area contributed by atoms with E-state index in [-0.39, 0.29) is 11.7 Å². The van der Waals surface area contributed by atoms with Crippen LogP contribution in [0.1, 0.15) is 42.3 Å². The molecule has 3 rings (SSSR count). The second kappa shape index (κ2) is 11.0. The predicted molar refractivity (Wildman–Crippen MR) is 130 cm³/mol. The molecule has 1 heterocycles. The maximum atomic E-state index is 12.4. The van der Waals surface area contributed by atoms with E-state index in [1.165, 1.54) is 11.8 Å². The molecule has 0 saturated heterocycles. The summed E-state index contributed by atoms with van der Waals surface area (Å²) in [4.78, 5) is 12.4. The summed E-state index contributed by atoms with van der Waals surface area (Å²) < 4.78 is 8.07. The highest BCUT2D eigenvalue weighted by molar-refractivity contribution is 7.99. The van der Waals surface area contributed by atoms with Crippen LogP contribution in [-0.4, -0.2) is 26.4 Å². The van der Waals surface area contributed by atoms with Crippen molar-refractivity contribution in [2.24, 2.45) is 0 Å². The van der Waals surface area contributed by atoms with Crippen molar-refractivity contribution in [3.05, 3.63) is 77.6 Å². The van der Waals surface area contributed by atoms with Crippen LogP contribution in [0.25, 0.3) is 0 Å². The van der Waals surface area contributed by atoms with Crippen LogP contribution in [0.3, 0.4) is 0 Å². The lowest BCUT2D eigenvalue weighted by atomic mass is 10.0. The van der Waals surface area contributed by atoms with Crippen LogP contribution in [0.2, 0.25) is 0 Å². The summed E-state index contributed by atoms with van der Waals surface area (Å²) in [5.41, 5.74) is 4.23. The van der Waals surface area contributed by atoms with E-state index in [4.69, 9.17) is 4.74 Å². The first-order valence-electron chi connectivity index (χ1n) is 10.6. The Labute approximate surface area is 194 Å². The number of ether oxygens (including phenoxy) is 1. The second-order valence-corrected chi connectivity index (χ2v) is 8.93. The van der Waals surface area contributed by atoms with E-state index in [1.807, 2.05) is 42.7 Å². The monoisotopic (exact) mass is 450 g/mol. The number of anilines is 1. The Morgan fingerprint density at radius 2 is 1.88 bits per heavy atom. The highest BCUT2D eigenvalue weighted by Crippen LogP contribution is 2.28. The lowest BCUT2D eigenvalue weighted by molar-refractivity contribution is -0.113. The highest BCUT2D eigenvalue weighted by Gasteiger charge is 2.16. The molecule has 32 heavy (non-hydrogen) atoms. The average molecular weight is 451 g/mol. The summed E-state index contributed by atoms with van der Waals surface area (Å²) in [7, 11) is 0. The summed E-state index contributed by atoms with van der Waals surface area (Å²) in [6.07, 6.45) is 1.79. The fraction of sp³-hybridized carbons (Fsp3) is 0.320. The van der Waals surface area contributed by atoms with Gasteiger partial charge in [-0.25, -0.2) is 0 Å². The largest absolute Gasteiger partial charge is 0.485 e. The van der Waals surface area contributed by atoms with Crippen LogP contribution < -0.4 is 10.1 Å². The van der Waals surface area contributed by atoms with E-state index in [1.54, 1.807) is 6.08 Å². The minimum Gasteiger partial charge on any atom is -0.485 e. The Morgan fingerprint density at radius 1 is 1.16 bits per heavy atom. The molecule has 0 aliphatic rings. The fourth-order valence-corrected chi connectivity index (χ4v) is 3.96. The number of hydrogen-bond donors (Lipinski definition) is 1. The third-order valence-electron chi connectivity index (χ3n) is 4.92. The minimum absolute atomic E-state index is 0.0915. The van der Waals surface area contributed by atoms with Crippen LogP contribution in [-0.2, 0) is 17.9 Å². The van der Waals surface area contributed by atoms with E-state index in [0.717, 1.165) is 28.1 Å². The number of hydrogen-bond acceptors (Lipinski definition) is 5. The lowest BCUT2D eigenvalue weighted by Crippen LogP contribution is -2.15. The summed E-state index contributed by atoms with van der Waals surface area (Å²) in [5.74, 6) is 2.06. The molecule has 168 valence electrons. The maximum Gasteiger partial charge on any atom is 0.234 e. The van der Waals surface area contributed by atoms with Crippen LogP contribution in [0.4, 0.5) is 5.69 Å². The van der Waals surface area contributed by atoms with Gasteiger partial charge in [0.1, 0.15) is 12.4 Å². The van der Waals surface area contributed by atoms with Gasteiger partial charge in [-0.2, -0.15) is 0 Å². The molecule has 0 radical (unpaired) electrons. The van der Waals surface area contributed by atoms with Crippen molar-refractivity contribution in [2.75, 3.05) is 11.1 Å². The molecule has 7 heteroatoms. The van der Waals surface area contributed by atoms with Crippen molar-refractivity contribution in [3.63, 3.8) is 0 Å². The molecule has 0 atom stereocenters. The summed E-state index contributed by atoms with van der Waals surface area (Å²) in [5, 5.41) is 12.2. The number of aryl methyl sites for hydroxylation is 2. The van der Waals surface area contributed by atoms with E-state index in [9.17, 15) is 4.79 Å². The minimum atomic E-state index is -0.0915. The van der Waals surface area contributed by atoms with Crippen molar-refractivity contribution < 1.29 is 9.53 Å². The quantitative estimate of drug-likeness (QED) is 0.326. The first-order valence-corrected chi connectivity index (χ1v) is 11.6. The van der Waals surface area contributed by atoms with Crippen molar-refractivity contribution in [2.45, 2.75) is 51.9 Å². The molecular weight excluding hydrogens is 420 g/mol. The number of nitrogens with one attached hydrogen (secondary N) is 1. The van der Waals surface area contributed by atoms with Crippen molar-refractivity contribution in [3.8, 4) is 5.75 Å². The van der Waals surface area contributed by atoms with Gasteiger partial charge in [-0.05, 0) is 49.1 Å². The topological polar surface area (TPSA) is 69.0 Å². The third-order valence-corrected chi connectivity index (χ3v) is 5.89. The molecule has 0 unspecified atom stereocenters. The van der Waals surface area contributed by atoms with Crippen LogP contribution in [0.5, 0.6) is 5.75 Å². The van der Waals surface area contributed by atoms with Gasteiger partial charge in [-0.15, -0.1) is 16.8 Å². The maximum absolute atomic E-state index is 12.4. The standard InChI is InChI=1S/C25H30N4O2S/c1-6-13-29-23(15-31-22-14-19(5)9-12-21(22)17(2)3)27-28-25(29)32-16-24(30)26-20-10-7-18(4)8-11-20/h6-12,14,17H,1,13,15-16H2,2-5H3,(H,26,30). The van der Waals surface area contributed by atoms with Gasteiger partial charge in [0.05, 0.1) is 5.75 Å². The zero-order chi connectivity index (χ0) is 23.1. The number of amides is 1. The Balaban J connectivity index is 1.66. The number of rotatable bonds is 10.